The largest absolute Gasteiger partial charge is 0.492 e. The number of anilines is 3. The number of fused-ring (bicyclic) bond motifs is 3. The summed E-state index contributed by atoms with van der Waals surface area (Å²) in [4.78, 5) is 22.9. The minimum atomic E-state index is -1.17. The second-order valence-corrected chi connectivity index (χ2v) is 10.2. The molecule has 4 aromatic rings. The number of carbonyl (C=O) groups is 1. The zero-order chi connectivity index (χ0) is 26.4. The Morgan fingerprint density at radius 3 is 2.86 bits per heavy atom. The lowest BCUT2D eigenvalue weighted by Crippen LogP contribution is -2.37. The van der Waals surface area contributed by atoms with Crippen LogP contribution < -0.4 is 15.5 Å². The van der Waals surface area contributed by atoms with Gasteiger partial charge in [-0.05, 0) is 36.3 Å². The highest BCUT2D eigenvalue weighted by Crippen LogP contribution is 2.40. The van der Waals surface area contributed by atoms with Gasteiger partial charge in [0, 0.05) is 23.6 Å². The molecule has 37 heavy (non-hydrogen) atoms. The monoisotopic (exact) mass is 541 g/mol. The minimum Gasteiger partial charge on any atom is -0.492 e. The van der Waals surface area contributed by atoms with Gasteiger partial charge in [0.15, 0.2) is 10.0 Å². The van der Waals surface area contributed by atoms with E-state index in [0.29, 0.717) is 12.2 Å². The first-order valence-electron chi connectivity index (χ1n) is 11.3. The van der Waals surface area contributed by atoms with E-state index in [-0.39, 0.29) is 32.8 Å². The molecule has 2 unspecified atom stereocenters. The summed E-state index contributed by atoms with van der Waals surface area (Å²) in [6.45, 7) is 3.70. The number of nitrogens with one attached hydrogen (secondary N) is 3. The molecule has 0 aliphatic carbocycles. The van der Waals surface area contributed by atoms with E-state index < -0.39 is 30.1 Å². The maximum atomic E-state index is 13.4. The molecule has 0 spiro atoms. The van der Waals surface area contributed by atoms with Crippen LogP contribution >= 0.6 is 22.9 Å². The van der Waals surface area contributed by atoms with Crippen LogP contribution in [0.3, 0.4) is 0 Å². The van der Waals surface area contributed by atoms with Crippen molar-refractivity contribution in [3.8, 4) is 11.8 Å². The number of aliphatic hydroxyl groups excluding tert-OH is 2. The lowest BCUT2D eigenvalue weighted by atomic mass is 10.0. The van der Waals surface area contributed by atoms with Gasteiger partial charge in [0.25, 0.3) is 5.91 Å². The highest BCUT2D eigenvalue weighted by Gasteiger charge is 2.38. The number of benzene rings is 1. The van der Waals surface area contributed by atoms with Crippen molar-refractivity contribution in [2.75, 3.05) is 10.2 Å². The van der Waals surface area contributed by atoms with Gasteiger partial charge in [0.2, 0.25) is 11.8 Å². The van der Waals surface area contributed by atoms with Crippen LogP contribution in [0.25, 0.3) is 10.8 Å². The van der Waals surface area contributed by atoms with E-state index >= 15 is 0 Å². The molecule has 0 saturated heterocycles. The van der Waals surface area contributed by atoms with Gasteiger partial charge in [-0.15, -0.1) is 0 Å². The fourth-order valence-electron chi connectivity index (χ4n) is 4.09. The van der Waals surface area contributed by atoms with E-state index in [2.05, 4.69) is 25.0 Å². The Bertz CT molecular complexity index is 1540. The minimum absolute atomic E-state index is 0.00951. The molecule has 0 bridgehead atoms. The van der Waals surface area contributed by atoms with E-state index in [4.69, 9.17) is 5.41 Å². The van der Waals surface area contributed by atoms with Gasteiger partial charge >= 0.3 is 0 Å². The predicted octanol–water partition coefficient (Wildman–Crippen LogP) is 2.78. The van der Waals surface area contributed by atoms with Crippen molar-refractivity contribution in [1.82, 2.24) is 19.7 Å². The van der Waals surface area contributed by atoms with Gasteiger partial charge in [-0.2, -0.15) is 9.36 Å². The SMILES string of the molecule is CCC(O)NC(=N)c1c(O)nsc1Nc1nc(O)c(C(=O)N2c3ncc4cc(C)ccc4c3CC2O)s1. The summed E-state index contributed by atoms with van der Waals surface area (Å²) >= 11 is 1.68. The molecule has 5 rings (SSSR count). The number of amidine groups is 1. The molecule has 0 fully saturated rings. The maximum Gasteiger partial charge on any atom is 0.277 e. The average Bonchev–Trinajstić information content (AvgIpc) is 3.52. The third kappa shape index (κ3) is 4.44. The van der Waals surface area contributed by atoms with E-state index in [9.17, 15) is 25.2 Å². The van der Waals surface area contributed by atoms with E-state index in [0.717, 1.165) is 49.7 Å². The number of pyridine rings is 1. The van der Waals surface area contributed by atoms with E-state index in [1.807, 2.05) is 25.1 Å². The number of thiazole rings is 1. The molecule has 12 nitrogen and oxygen atoms in total. The van der Waals surface area contributed by atoms with Crippen molar-refractivity contribution in [1.29, 1.82) is 5.41 Å². The van der Waals surface area contributed by atoms with Gasteiger partial charge in [0.05, 0.1) is 0 Å². The molecule has 0 radical (unpaired) electrons. The number of hydrogen-bond donors (Lipinski definition) is 7. The number of carbonyl (C=O) groups excluding carboxylic acids is 1. The van der Waals surface area contributed by atoms with Gasteiger partial charge in [-0.1, -0.05) is 36.0 Å². The summed E-state index contributed by atoms with van der Waals surface area (Å²) < 4.78 is 3.83. The average molecular weight is 542 g/mol. The first kappa shape index (κ1) is 24.8. The van der Waals surface area contributed by atoms with Crippen LogP contribution in [-0.4, -0.2) is 59.0 Å². The first-order chi connectivity index (χ1) is 17.7. The van der Waals surface area contributed by atoms with Crippen molar-refractivity contribution in [3.63, 3.8) is 0 Å². The molecule has 7 N–H and O–H groups in total. The normalized spacial score (nSPS) is 15.6. The van der Waals surface area contributed by atoms with Crippen molar-refractivity contribution >= 4 is 61.3 Å². The number of aromatic nitrogens is 3. The molecule has 1 aliphatic heterocycles. The fraction of sp³-hybridized carbons (Fsp3) is 0.261. The predicted molar refractivity (Wildman–Crippen MR) is 140 cm³/mol. The number of aryl methyl sites for hydroxylation is 1. The summed E-state index contributed by atoms with van der Waals surface area (Å²) in [5.41, 5.74) is 1.82. The van der Waals surface area contributed by atoms with Crippen LogP contribution in [0.2, 0.25) is 0 Å². The molecule has 1 amide bonds. The summed E-state index contributed by atoms with van der Waals surface area (Å²) in [6, 6.07) is 5.87. The van der Waals surface area contributed by atoms with Gasteiger partial charge in [-0.25, -0.2) is 4.98 Å². The van der Waals surface area contributed by atoms with Gasteiger partial charge in [-0.3, -0.25) is 15.1 Å². The highest BCUT2D eigenvalue weighted by atomic mass is 32.1. The molecule has 1 aliphatic rings. The number of amides is 1. The molecular formula is C23H23N7O5S2. The number of nitrogens with zero attached hydrogens (tertiary/aromatic N) is 4. The lowest BCUT2D eigenvalue weighted by Gasteiger charge is -2.19. The molecule has 14 heteroatoms. The van der Waals surface area contributed by atoms with Crippen molar-refractivity contribution in [2.45, 2.75) is 39.1 Å². The van der Waals surface area contributed by atoms with Crippen LogP contribution in [0, 0.1) is 12.3 Å². The second kappa shape index (κ2) is 9.55. The van der Waals surface area contributed by atoms with Crippen LogP contribution in [0.4, 0.5) is 16.0 Å². The Labute approximate surface area is 218 Å². The smallest absolute Gasteiger partial charge is 0.277 e. The van der Waals surface area contributed by atoms with Crippen LogP contribution in [0.5, 0.6) is 11.8 Å². The quantitative estimate of drug-likeness (QED) is 0.109. The number of hydrogen-bond acceptors (Lipinski definition) is 12. The Hall–Kier alpha value is -3.85. The Balaban J connectivity index is 1.43. The molecule has 0 saturated carbocycles. The molecule has 4 heterocycles. The third-order valence-corrected chi connectivity index (χ3v) is 7.61. The molecule has 2 atom stereocenters. The Morgan fingerprint density at radius 1 is 1.32 bits per heavy atom. The summed E-state index contributed by atoms with van der Waals surface area (Å²) in [6.07, 6.45) is 0.0282. The summed E-state index contributed by atoms with van der Waals surface area (Å²) in [5.74, 6) is -1.57. The van der Waals surface area contributed by atoms with Gasteiger partial charge in [0.1, 0.15) is 34.7 Å². The molecular weight excluding hydrogens is 518 g/mol. The number of rotatable bonds is 6. The lowest BCUT2D eigenvalue weighted by molar-refractivity contribution is 0.0904. The Kier molecular flexibility index (Phi) is 6.41. The molecule has 3 aromatic heterocycles. The standard InChI is InChI=1S/C23H23N7O5S2/c1-3-13(31)26-17(24)15-19(33)29-37-21(15)28-23-27-20(34)16(36-23)22(35)30-14(32)7-12-11-5-4-9(2)6-10(11)8-25-18(12)30/h4-6,8,13-14,31-32,34H,3,7H2,1-2H3,(H2,24,26)(H,27,28)(H,29,33). The van der Waals surface area contributed by atoms with Crippen molar-refractivity contribution < 1.29 is 25.2 Å². The molecule has 1 aromatic carbocycles. The zero-order valence-electron chi connectivity index (χ0n) is 19.7. The maximum absolute atomic E-state index is 13.4. The van der Waals surface area contributed by atoms with Crippen LogP contribution in [0.15, 0.2) is 24.4 Å². The zero-order valence-corrected chi connectivity index (χ0v) is 21.3. The number of aromatic hydroxyl groups is 2. The van der Waals surface area contributed by atoms with Crippen molar-refractivity contribution in [3.05, 3.63) is 46.0 Å². The second-order valence-electron chi connectivity index (χ2n) is 8.46. The summed E-state index contributed by atoms with van der Waals surface area (Å²) in [5, 5.41) is 56.8. The molecule has 192 valence electrons. The Morgan fingerprint density at radius 2 is 2.11 bits per heavy atom. The summed E-state index contributed by atoms with van der Waals surface area (Å²) in [7, 11) is 0. The van der Waals surface area contributed by atoms with E-state index in [1.165, 1.54) is 0 Å². The van der Waals surface area contributed by atoms with Crippen LogP contribution in [0.1, 0.15) is 39.7 Å². The fourth-order valence-corrected chi connectivity index (χ4v) is 5.65. The first-order valence-corrected chi connectivity index (χ1v) is 12.9. The number of aliphatic hydroxyl groups is 2. The van der Waals surface area contributed by atoms with Crippen LogP contribution in [-0.2, 0) is 6.42 Å². The highest BCUT2D eigenvalue weighted by molar-refractivity contribution is 7.18. The van der Waals surface area contributed by atoms with E-state index in [1.54, 1.807) is 13.1 Å². The topological polar surface area (TPSA) is 188 Å². The van der Waals surface area contributed by atoms with Crippen molar-refractivity contribution in [2.24, 2.45) is 0 Å². The third-order valence-electron chi connectivity index (χ3n) is 5.91. The van der Waals surface area contributed by atoms with Gasteiger partial charge < -0.3 is 31.1 Å².